The number of benzene rings is 1. The Morgan fingerprint density at radius 2 is 2.18 bits per heavy atom. The smallest absolute Gasteiger partial charge is 0.262 e. The standard InChI is InChI=1S/C17H16N2O2S/c20-17-14-9-15(12-5-2-1-3-6-12)22-16(14)18-11-19(17)10-13-7-4-8-21-13/h1-3,5-6,9,11,13H,4,7-8,10H2/t13-/m0/s1. The Hall–Kier alpha value is -1.98. The molecule has 4 rings (SSSR count). The Balaban J connectivity index is 1.73. The summed E-state index contributed by atoms with van der Waals surface area (Å²) in [5.41, 5.74) is 1.15. The minimum Gasteiger partial charge on any atom is -0.376 e. The van der Waals surface area contributed by atoms with Crippen molar-refractivity contribution in [1.82, 2.24) is 9.55 Å². The van der Waals surface area contributed by atoms with E-state index >= 15 is 0 Å². The van der Waals surface area contributed by atoms with Crippen LogP contribution in [0.25, 0.3) is 20.7 Å². The van der Waals surface area contributed by atoms with Crippen molar-refractivity contribution in [2.45, 2.75) is 25.5 Å². The van der Waals surface area contributed by atoms with E-state index < -0.39 is 0 Å². The number of ether oxygens (including phenoxy) is 1. The highest BCUT2D eigenvalue weighted by atomic mass is 32.1. The molecule has 1 atom stereocenters. The SMILES string of the molecule is O=c1c2cc(-c3ccccc3)sc2ncn1C[C@@H]1CCCO1. The molecular formula is C17H16N2O2S. The molecule has 0 N–H and O–H groups in total. The fourth-order valence-electron chi connectivity index (χ4n) is 2.84. The van der Waals surface area contributed by atoms with Crippen molar-refractivity contribution in [3.63, 3.8) is 0 Å². The van der Waals surface area contributed by atoms with Crippen molar-refractivity contribution in [3.8, 4) is 10.4 Å². The molecule has 3 aromatic rings. The first-order valence-corrected chi connectivity index (χ1v) is 8.29. The van der Waals surface area contributed by atoms with Gasteiger partial charge in [0.2, 0.25) is 0 Å². The zero-order chi connectivity index (χ0) is 14.9. The zero-order valence-corrected chi connectivity index (χ0v) is 12.9. The summed E-state index contributed by atoms with van der Waals surface area (Å²) in [7, 11) is 0. The van der Waals surface area contributed by atoms with Gasteiger partial charge in [-0.1, -0.05) is 30.3 Å². The van der Waals surface area contributed by atoms with E-state index in [-0.39, 0.29) is 11.7 Å². The summed E-state index contributed by atoms with van der Waals surface area (Å²) in [4.78, 5) is 19.0. The van der Waals surface area contributed by atoms with Crippen LogP contribution in [0, 0.1) is 0 Å². The summed E-state index contributed by atoms with van der Waals surface area (Å²) in [6, 6.07) is 12.1. The van der Waals surface area contributed by atoms with Crippen LogP contribution in [-0.2, 0) is 11.3 Å². The van der Waals surface area contributed by atoms with E-state index in [1.807, 2.05) is 24.3 Å². The first-order valence-electron chi connectivity index (χ1n) is 7.47. The van der Waals surface area contributed by atoms with Crippen LogP contribution in [0.4, 0.5) is 0 Å². The van der Waals surface area contributed by atoms with Gasteiger partial charge in [-0.15, -0.1) is 11.3 Å². The first-order chi connectivity index (χ1) is 10.8. The Bertz CT molecular complexity index is 848. The van der Waals surface area contributed by atoms with Crippen molar-refractivity contribution in [2.24, 2.45) is 0 Å². The molecule has 0 radical (unpaired) electrons. The molecule has 1 aliphatic rings. The van der Waals surface area contributed by atoms with Gasteiger partial charge < -0.3 is 4.74 Å². The molecule has 0 amide bonds. The molecule has 22 heavy (non-hydrogen) atoms. The molecule has 0 bridgehead atoms. The van der Waals surface area contributed by atoms with Crippen LogP contribution < -0.4 is 5.56 Å². The summed E-state index contributed by atoms with van der Waals surface area (Å²) in [6.07, 6.45) is 3.89. The molecule has 0 spiro atoms. The minimum atomic E-state index is 0.0268. The summed E-state index contributed by atoms with van der Waals surface area (Å²) < 4.78 is 7.29. The lowest BCUT2D eigenvalue weighted by Gasteiger charge is -2.10. The molecule has 2 aromatic heterocycles. The second-order valence-electron chi connectivity index (χ2n) is 5.53. The summed E-state index contributed by atoms with van der Waals surface area (Å²) in [5, 5.41) is 0.698. The van der Waals surface area contributed by atoms with E-state index in [9.17, 15) is 4.79 Å². The number of hydrogen-bond donors (Lipinski definition) is 0. The number of thiophene rings is 1. The lowest BCUT2D eigenvalue weighted by atomic mass is 10.2. The Labute approximate surface area is 132 Å². The molecular weight excluding hydrogens is 296 g/mol. The third kappa shape index (κ3) is 2.46. The second kappa shape index (κ2) is 5.66. The van der Waals surface area contributed by atoms with E-state index in [0.29, 0.717) is 11.9 Å². The maximum absolute atomic E-state index is 12.6. The summed E-state index contributed by atoms with van der Waals surface area (Å²) >= 11 is 1.56. The zero-order valence-electron chi connectivity index (χ0n) is 12.1. The molecule has 5 heteroatoms. The van der Waals surface area contributed by atoms with Gasteiger partial charge in [-0.3, -0.25) is 9.36 Å². The van der Waals surface area contributed by atoms with Crippen molar-refractivity contribution in [2.75, 3.05) is 6.61 Å². The van der Waals surface area contributed by atoms with Crippen molar-refractivity contribution in [3.05, 3.63) is 53.1 Å². The van der Waals surface area contributed by atoms with Crippen LogP contribution in [-0.4, -0.2) is 22.3 Å². The van der Waals surface area contributed by atoms with Gasteiger partial charge in [0, 0.05) is 11.5 Å². The van der Waals surface area contributed by atoms with Gasteiger partial charge in [-0.25, -0.2) is 4.98 Å². The van der Waals surface area contributed by atoms with Gasteiger partial charge in [0.25, 0.3) is 5.56 Å². The molecule has 1 fully saturated rings. The van der Waals surface area contributed by atoms with Crippen LogP contribution in [0.3, 0.4) is 0 Å². The number of hydrogen-bond acceptors (Lipinski definition) is 4. The number of nitrogens with zero attached hydrogens (tertiary/aromatic N) is 2. The van der Waals surface area contributed by atoms with Crippen molar-refractivity contribution < 1.29 is 4.74 Å². The van der Waals surface area contributed by atoms with E-state index in [1.165, 1.54) is 0 Å². The predicted molar refractivity (Wildman–Crippen MR) is 88.3 cm³/mol. The maximum Gasteiger partial charge on any atom is 0.262 e. The monoisotopic (exact) mass is 312 g/mol. The fraction of sp³-hybridized carbons (Fsp3) is 0.294. The lowest BCUT2D eigenvalue weighted by Crippen LogP contribution is -2.26. The number of rotatable bonds is 3. The van der Waals surface area contributed by atoms with Gasteiger partial charge in [-0.2, -0.15) is 0 Å². The Morgan fingerprint density at radius 3 is 2.95 bits per heavy atom. The highest BCUT2D eigenvalue weighted by molar-refractivity contribution is 7.21. The van der Waals surface area contributed by atoms with Gasteiger partial charge in [-0.05, 0) is 24.5 Å². The third-order valence-electron chi connectivity index (χ3n) is 4.00. The largest absolute Gasteiger partial charge is 0.376 e. The predicted octanol–water partition coefficient (Wildman–Crippen LogP) is 3.30. The molecule has 1 aliphatic heterocycles. The van der Waals surface area contributed by atoms with Crippen LogP contribution in [0.2, 0.25) is 0 Å². The topological polar surface area (TPSA) is 44.1 Å². The third-order valence-corrected chi connectivity index (χ3v) is 5.09. The van der Waals surface area contributed by atoms with Gasteiger partial charge in [0.15, 0.2) is 0 Å². The van der Waals surface area contributed by atoms with E-state index in [4.69, 9.17) is 4.74 Å². The molecule has 1 saturated heterocycles. The molecule has 4 nitrogen and oxygen atoms in total. The van der Waals surface area contributed by atoms with Gasteiger partial charge >= 0.3 is 0 Å². The van der Waals surface area contributed by atoms with Crippen LogP contribution in [0.1, 0.15) is 12.8 Å². The molecule has 3 heterocycles. The Morgan fingerprint density at radius 1 is 1.32 bits per heavy atom. The molecule has 0 unspecified atom stereocenters. The molecule has 1 aromatic carbocycles. The minimum absolute atomic E-state index is 0.0268. The van der Waals surface area contributed by atoms with Crippen LogP contribution in [0.5, 0.6) is 0 Å². The van der Waals surface area contributed by atoms with Gasteiger partial charge in [0.1, 0.15) is 4.83 Å². The normalized spacial score (nSPS) is 18.1. The highest BCUT2D eigenvalue weighted by Gasteiger charge is 2.18. The van der Waals surface area contributed by atoms with E-state index in [2.05, 4.69) is 17.1 Å². The van der Waals surface area contributed by atoms with Crippen molar-refractivity contribution >= 4 is 21.6 Å². The lowest BCUT2D eigenvalue weighted by molar-refractivity contribution is 0.0960. The molecule has 112 valence electrons. The number of fused-ring (bicyclic) bond motifs is 1. The molecule has 0 saturated carbocycles. The summed E-state index contributed by atoms with van der Waals surface area (Å²) in [6.45, 7) is 1.39. The van der Waals surface area contributed by atoms with Crippen LogP contribution in [0.15, 0.2) is 47.5 Å². The maximum atomic E-state index is 12.6. The Kier molecular flexibility index (Phi) is 3.52. The van der Waals surface area contributed by atoms with E-state index in [0.717, 1.165) is 34.7 Å². The fourth-order valence-corrected chi connectivity index (χ4v) is 3.84. The van der Waals surface area contributed by atoms with Crippen LogP contribution >= 0.6 is 11.3 Å². The van der Waals surface area contributed by atoms with Gasteiger partial charge in [0.05, 0.1) is 24.4 Å². The second-order valence-corrected chi connectivity index (χ2v) is 6.56. The quantitative estimate of drug-likeness (QED) is 0.745. The van der Waals surface area contributed by atoms with Crippen molar-refractivity contribution in [1.29, 1.82) is 0 Å². The average Bonchev–Trinajstić information content (AvgIpc) is 3.21. The summed E-state index contributed by atoms with van der Waals surface area (Å²) in [5.74, 6) is 0. The number of aromatic nitrogens is 2. The highest BCUT2D eigenvalue weighted by Crippen LogP contribution is 2.30. The van der Waals surface area contributed by atoms with E-state index in [1.54, 1.807) is 22.2 Å². The molecule has 0 aliphatic carbocycles. The average molecular weight is 312 g/mol. The first kappa shape index (κ1) is 13.7.